The van der Waals surface area contributed by atoms with Gasteiger partial charge in [-0.05, 0) is 69.5 Å². The predicted molar refractivity (Wildman–Crippen MR) is 123 cm³/mol. The molecule has 4 rings (SSSR count). The molecule has 0 aromatic heterocycles. The average Bonchev–Trinajstić information content (AvgIpc) is 2.81. The second-order valence-electron chi connectivity index (χ2n) is 9.56. The molecule has 1 atom stereocenters. The van der Waals surface area contributed by atoms with Crippen LogP contribution in [0.15, 0.2) is 30.3 Å². The number of carbonyl (C=O) groups is 2. The molecule has 7 nitrogen and oxygen atoms in total. The van der Waals surface area contributed by atoms with Gasteiger partial charge in [-0.15, -0.1) is 5.06 Å². The minimum atomic E-state index is -0.626. The fraction of sp³-hybridized carbons (Fsp3) is 0.680. The molecule has 7 heteroatoms. The van der Waals surface area contributed by atoms with Crippen LogP contribution in [0.2, 0.25) is 0 Å². The zero-order chi connectivity index (χ0) is 22.3. The topological polar surface area (TPSA) is 65.1 Å². The smallest absolute Gasteiger partial charge is 0.335 e. The Kier molecular flexibility index (Phi) is 8.30. The number of rotatable bonds is 7. The van der Waals surface area contributed by atoms with Crippen LogP contribution >= 0.6 is 0 Å². The second-order valence-corrected chi connectivity index (χ2v) is 9.56. The largest absolute Gasteiger partial charge is 0.367 e. The van der Waals surface area contributed by atoms with Crippen LogP contribution in [-0.2, 0) is 20.8 Å². The van der Waals surface area contributed by atoms with Crippen molar-refractivity contribution >= 4 is 11.8 Å². The zero-order valence-electron chi connectivity index (χ0n) is 19.4. The number of hydrazine groups is 1. The number of nitrogens with zero attached hydrogens (tertiary/aromatic N) is 3. The fourth-order valence-electron chi connectivity index (χ4n) is 5.46. The molecule has 1 N–H and O–H groups in total. The van der Waals surface area contributed by atoms with Crippen molar-refractivity contribution in [1.82, 2.24) is 20.4 Å². The first kappa shape index (κ1) is 23.4. The Morgan fingerprint density at radius 2 is 1.56 bits per heavy atom. The maximum absolute atomic E-state index is 12.8. The van der Waals surface area contributed by atoms with E-state index in [1.165, 1.54) is 31.7 Å². The van der Waals surface area contributed by atoms with Crippen LogP contribution in [0.3, 0.4) is 0 Å². The van der Waals surface area contributed by atoms with Gasteiger partial charge in [-0.25, -0.2) is 14.8 Å². The molecular formula is C25H38N4O3. The molecule has 3 aliphatic rings. The summed E-state index contributed by atoms with van der Waals surface area (Å²) < 4.78 is 0. The van der Waals surface area contributed by atoms with Gasteiger partial charge in [0.15, 0.2) is 0 Å². The van der Waals surface area contributed by atoms with Gasteiger partial charge in [0.25, 0.3) is 0 Å². The molecule has 3 aliphatic heterocycles. The lowest BCUT2D eigenvalue weighted by atomic mass is 9.82. The normalized spacial score (nSPS) is 23.7. The average molecular weight is 443 g/mol. The van der Waals surface area contributed by atoms with Gasteiger partial charge >= 0.3 is 5.97 Å². The highest BCUT2D eigenvalue weighted by Gasteiger charge is 2.36. The number of benzene rings is 1. The lowest BCUT2D eigenvalue weighted by Gasteiger charge is -2.43. The highest BCUT2D eigenvalue weighted by molar-refractivity contribution is 5.98. The Bertz CT molecular complexity index is 737. The second kappa shape index (κ2) is 11.4. The molecule has 0 saturated carbocycles. The maximum Gasteiger partial charge on any atom is 0.335 e. The van der Waals surface area contributed by atoms with Gasteiger partial charge in [0.05, 0.1) is 0 Å². The third-order valence-electron chi connectivity index (χ3n) is 7.34. The Hall–Kier alpha value is -1.80. The first-order valence-corrected chi connectivity index (χ1v) is 12.3. The monoisotopic (exact) mass is 442 g/mol. The van der Waals surface area contributed by atoms with Crippen molar-refractivity contribution < 1.29 is 14.4 Å². The van der Waals surface area contributed by atoms with Crippen molar-refractivity contribution in [3.63, 3.8) is 0 Å². The molecule has 3 saturated heterocycles. The van der Waals surface area contributed by atoms with Gasteiger partial charge in [-0.1, -0.05) is 30.3 Å². The van der Waals surface area contributed by atoms with Gasteiger partial charge in [0.2, 0.25) is 0 Å². The number of hydroxylamine groups is 2. The molecule has 3 fully saturated rings. The molecular weight excluding hydrogens is 404 g/mol. The van der Waals surface area contributed by atoms with Crippen molar-refractivity contribution in [2.45, 2.75) is 39.0 Å². The van der Waals surface area contributed by atoms with Crippen molar-refractivity contribution in [3.05, 3.63) is 35.9 Å². The molecule has 1 aromatic rings. The van der Waals surface area contributed by atoms with E-state index in [0.29, 0.717) is 13.1 Å². The van der Waals surface area contributed by atoms with Gasteiger partial charge < -0.3 is 10.2 Å². The minimum Gasteiger partial charge on any atom is -0.367 e. The molecule has 0 radical (unpaired) electrons. The summed E-state index contributed by atoms with van der Waals surface area (Å²) in [6.45, 7) is 8.53. The van der Waals surface area contributed by atoms with Crippen molar-refractivity contribution in [1.29, 1.82) is 0 Å². The van der Waals surface area contributed by atoms with Crippen molar-refractivity contribution in [2.75, 3.05) is 52.4 Å². The van der Waals surface area contributed by atoms with E-state index >= 15 is 0 Å². The number of hydrogen-bond acceptors (Lipinski definition) is 7. The van der Waals surface area contributed by atoms with E-state index in [2.05, 4.69) is 45.7 Å². The highest BCUT2D eigenvalue weighted by atomic mass is 16.7. The Labute approximate surface area is 192 Å². The summed E-state index contributed by atoms with van der Waals surface area (Å²) in [5.74, 6) is -0.202. The van der Waals surface area contributed by atoms with E-state index in [9.17, 15) is 9.59 Å². The predicted octanol–water partition coefficient (Wildman–Crippen LogP) is 2.14. The lowest BCUT2D eigenvalue weighted by molar-refractivity contribution is -0.213. The quantitative estimate of drug-likeness (QED) is 0.649. The minimum absolute atomic E-state index is 0.0705. The summed E-state index contributed by atoms with van der Waals surface area (Å²) in [6.07, 6.45) is 5.33. The Balaban J connectivity index is 1.19. The van der Waals surface area contributed by atoms with Crippen LogP contribution < -0.4 is 5.32 Å². The molecule has 176 valence electrons. The summed E-state index contributed by atoms with van der Waals surface area (Å²) in [6, 6.07) is 10.8. The molecule has 1 aromatic carbocycles. The first-order chi connectivity index (χ1) is 15.6. The molecule has 0 aliphatic carbocycles. The molecule has 0 spiro atoms. The van der Waals surface area contributed by atoms with Gasteiger partial charge in [-0.3, -0.25) is 4.79 Å². The Morgan fingerprint density at radius 1 is 0.938 bits per heavy atom. The molecule has 3 heterocycles. The zero-order valence-corrected chi connectivity index (χ0v) is 19.4. The number of hydrogen-bond donors (Lipinski definition) is 1. The fourth-order valence-corrected chi connectivity index (χ4v) is 5.46. The molecule has 0 bridgehead atoms. The summed E-state index contributed by atoms with van der Waals surface area (Å²) >= 11 is 0. The van der Waals surface area contributed by atoms with Crippen molar-refractivity contribution in [2.24, 2.45) is 17.8 Å². The number of piperidine rings is 2. The van der Waals surface area contributed by atoms with Crippen molar-refractivity contribution in [3.8, 4) is 0 Å². The van der Waals surface area contributed by atoms with Crippen LogP contribution in [0.25, 0.3) is 0 Å². The third-order valence-corrected chi connectivity index (χ3v) is 7.34. The maximum atomic E-state index is 12.8. The molecule has 0 amide bonds. The van der Waals surface area contributed by atoms with Crippen LogP contribution in [0.5, 0.6) is 0 Å². The number of Topliss-reactive ketones (excluding diaryl/α,β-unsaturated/α-hetero) is 1. The van der Waals surface area contributed by atoms with Gasteiger partial charge in [-0.2, -0.15) is 0 Å². The third kappa shape index (κ3) is 6.16. The molecule has 1 unspecified atom stereocenters. The van der Waals surface area contributed by atoms with Gasteiger partial charge in [0.1, 0.15) is 11.7 Å². The van der Waals surface area contributed by atoms with E-state index in [1.54, 1.807) is 5.06 Å². The summed E-state index contributed by atoms with van der Waals surface area (Å²) in [5, 5.41) is 9.95. The summed E-state index contributed by atoms with van der Waals surface area (Å²) in [4.78, 5) is 30.7. The van der Waals surface area contributed by atoms with E-state index in [-0.39, 0.29) is 17.7 Å². The number of ketones is 1. The Morgan fingerprint density at radius 3 is 2.19 bits per heavy atom. The van der Waals surface area contributed by atoms with E-state index in [4.69, 9.17) is 4.84 Å². The van der Waals surface area contributed by atoms with E-state index < -0.39 is 5.92 Å². The SMILES string of the molecule is CC(=O)C(C(=O)ON1CCN(N2CCC(Cc3ccccc3)CC2)CC1)C1CCNCC1. The van der Waals surface area contributed by atoms with E-state index in [0.717, 1.165) is 58.0 Å². The van der Waals surface area contributed by atoms with Gasteiger partial charge in [0, 0.05) is 39.3 Å². The van der Waals surface area contributed by atoms with Crippen LogP contribution in [0.4, 0.5) is 0 Å². The first-order valence-electron chi connectivity index (χ1n) is 12.3. The van der Waals surface area contributed by atoms with Crippen LogP contribution in [-0.4, -0.2) is 79.2 Å². The lowest BCUT2D eigenvalue weighted by Crippen LogP contribution is -2.56. The number of piperazine rings is 1. The summed E-state index contributed by atoms with van der Waals surface area (Å²) in [7, 11) is 0. The number of carbonyl (C=O) groups excluding carboxylic acids is 2. The number of nitrogens with one attached hydrogen (secondary N) is 1. The van der Waals surface area contributed by atoms with Crippen LogP contribution in [0, 0.1) is 17.8 Å². The highest BCUT2D eigenvalue weighted by Crippen LogP contribution is 2.26. The standard InChI is InChI=1S/C25H38N4O3/c1-20(30)24(23-7-11-26-12-8-23)25(31)32-29-17-15-28(16-18-29)27-13-9-22(10-14-27)19-21-5-3-2-4-6-21/h2-6,22-24,26H,7-19H2,1H3. The summed E-state index contributed by atoms with van der Waals surface area (Å²) in [5.41, 5.74) is 1.44. The van der Waals surface area contributed by atoms with E-state index in [1.807, 2.05) is 0 Å². The van der Waals surface area contributed by atoms with Crippen LogP contribution in [0.1, 0.15) is 38.2 Å². The molecule has 32 heavy (non-hydrogen) atoms.